The standard InChI is InChI=1S/C7H10N2S.B/c8-7-9-5-3-1-2-4-6(5)10-7;/h1-4H2,(H2,8,9);. The van der Waals surface area contributed by atoms with Crippen LogP contribution in [0.1, 0.15) is 23.4 Å². The van der Waals surface area contributed by atoms with Crippen molar-refractivity contribution in [2.24, 2.45) is 0 Å². The van der Waals surface area contributed by atoms with Crippen LogP contribution in [0.25, 0.3) is 0 Å². The maximum Gasteiger partial charge on any atom is 0.180 e. The summed E-state index contributed by atoms with van der Waals surface area (Å²) in [4.78, 5) is 5.67. The lowest BCUT2D eigenvalue weighted by Crippen LogP contribution is -1.99. The summed E-state index contributed by atoms with van der Waals surface area (Å²) < 4.78 is 0. The number of fused-ring (bicyclic) bond motifs is 1. The molecule has 1 aliphatic rings. The fourth-order valence-corrected chi connectivity index (χ4v) is 2.29. The van der Waals surface area contributed by atoms with Crippen molar-refractivity contribution in [1.29, 1.82) is 0 Å². The Morgan fingerprint density at radius 1 is 1.27 bits per heavy atom. The summed E-state index contributed by atoms with van der Waals surface area (Å²) in [6.45, 7) is 0. The largest absolute Gasteiger partial charge is 0.375 e. The second-order valence-electron chi connectivity index (χ2n) is 2.63. The molecule has 0 saturated heterocycles. The molecular formula is C7H10BN2S. The SMILES string of the molecule is Nc1nc2c(s1)CCCC2.[B]. The van der Waals surface area contributed by atoms with Crippen LogP contribution in [0.4, 0.5) is 5.13 Å². The van der Waals surface area contributed by atoms with E-state index in [0.717, 1.165) is 11.6 Å². The van der Waals surface area contributed by atoms with Gasteiger partial charge < -0.3 is 5.73 Å². The van der Waals surface area contributed by atoms with Gasteiger partial charge in [-0.1, -0.05) is 0 Å². The molecule has 4 heteroatoms. The van der Waals surface area contributed by atoms with Gasteiger partial charge in [0.05, 0.1) is 5.69 Å². The molecule has 57 valence electrons. The number of anilines is 1. The summed E-state index contributed by atoms with van der Waals surface area (Å²) in [5, 5.41) is 0.743. The van der Waals surface area contributed by atoms with E-state index in [4.69, 9.17) is 5.73 Å². The molecule has 1 heterocycles. The minimum atomic E-state index is 0. The summed E-state index contributed by atoms with van der Waals surface area (Å²) in [5.74, 6) is 0. The Hall–Kier alpha value is -0.505. The third-order valence-electron chi connectivity index (χ3n) is 1.86. The number of rotatable bonds is 0. The average molecular weight is 165 g/mol. The molecule has 1 aromatic heterocycles. The Morgan fingerprint density at radius 2 is 2.00 bits per heavy atom. The van der Waals surface area contributed by atoms with Crippen LogP contribution < -0.4 is 5.73 Å². The average Bonchev–Trinajstić information content (AvgIpc) is 2.27. The molecule has 0 amide bonds. The third-order valence-corrected chi connectivity index (χ3v) is 2.85. The Kier molecular flexibility index (Phi) is 2.55. The van der Waals surface area contributed by atoms with Gasteiger partial charge in [0, 0.05) is 13.3 Å². The van der Waals surface area contributed by atoms with E-state index >= 15 is 0 Å². The topological polar surface area (TPSA) is 38.9 Å². The van der Waals surface area contributed by atoms with Gasteiger partial charge in [0.25, 0.3) is 0 Å². The lowest BCUT2D eigenvalue weighted by atomic mass is 10.0. The first-order valence-electron chi connectivity index (χ1n) is 3.60. The number of nitrogen functional groups attached to an aromatic ring is 1. The molecule has 3 radical (unpaired) electrons. The predicted molar refractivity (Wildman–Crippen MR) is 48.9 cm³/mol. The van der Waals surface area contributed by atoms with Crippen molar-refractivity contribution in [3.63, 3.8) is 0 Å². The van der Waals surface area contributed by atoms with Crippen molar-refractivity contribution in [3.05, 3.63) is 10.6 Å². The van der Waals surface area contributed by atoms with E-state index in [-0.39, 0.29) is 8.41 Å². The van der Waals surface area contributed by atoms with Gasteiger partial charge in [-0.05, 0) is 25.7 Å². The van der Waals surface area contributed by atoms with Crippen LogP contribution in [-0.4, -0.2) is 13.4 Å². The molecule has 2 rings (SSSR count). The van der Waals surface area contributed by atoms with E-state index in [2.05, 4.69) is 4.98 Å². The van der Waals surface area contributed by atoms with Crippen molar-refractivity contribution in [2.75, 3.05) is 5.73 Å². The molecule has 0 fully saturated rings. The van der Waals surface area contributed by atoms with Crippen LogP contribution in [0.2, 0.25) is 0 Å². The highest BCUT2D eigenvalue weighted by Crippen LogP contribution is 2.27. The molecule has 0 aliphatic heterocycles. The fraction of sp³-hybridized carbons (Fsp3) is 0.571. The van der Waals surface area contributed by atoms with Gasteiger partial charge in [-0.25, -0.2) is 4.98 Å². The normalized spacial score (nSPS) is 15.3. The molecular weight excluding hydrogens is 155 g/mol. The number of hydrogen-bond donors (Lipinski definition) is 1. The molecule has 0 spiro atoms. The molecule has 2 nitrogen and oxygen atoms in total. The van der Waals surface area contributed by atoms with E-state index < -0.39 is 0 Å². The van der Waals surface area contributed by atoms with Crippen molar-refractivity contribution >= 4 is 24.9 Å². The number of aromatic nitrogens is 1. The van der Waals surface area contributed by atoms with Crippen LogP contribution in [-0.2, 0) is 12.8 Å². The van der Waals surface area contributed by atoms with Crippen molar-refractivity contribution in [1.82, 2.24) is 4.98 Å². The molecule has 11 heavy (non-hydrogen) atoms. The molecule has 0 bridgehead atoms. The quantitative estimate of drug-likeness (QED) is 0.587. The number of hydrogen-bond acceptors (Lipinski definition) is 3. The maximum absolute atomic E-state index is 5.57. The number of thiazole rings is 1. The Morgan fingerprint density at radius 3 is 2.73 bits per heavy atom. The van der Waals surface area contributed by atoms with Gasteiger partial charge >= 0.3 is 0 Å². The second kappa shape index (κ2) is 3.26. The Balaban J connectivity index is 0.000000605. The smallest absolute Gasteiger partial charge is 0.180 e. The van der Waals surface area contributed by atoms with Gasteiger partial charge in [0.2, 0.25) is 0 Å². The molecule has 0 unspecified atom stereocenters. The van der Waals surface area contributed by atoms with E-state index in [1.807, 2.05) is 0 Å². The zero-order chi connectivity index (χ0) is 6.97. The fourth-order valence-electron chi connectivity index (χ4n) is 1.37. The van der Waals surface area contributed by atoms with E-state index in [1.54, 1.807) is 11.3 Å². The first kappa shape index (κ1) is 8.59. The number of aryl methyl sites for hydroxylation is 2. The Labute approximate surface area is 72.4 Å². The van der Waals surface area contributed by atoms with Crippen molar-refractivity contribution in [2.45, 2.75) is 25.7 Å². The molecule has 2 N–H and O–H groups in total. The van der Waals surface area contributed by atoms with Crippen LogP contribution in [0.3, 0.4) is 0 Å². The monoisotopic (exact) mass is 165 g/mol. The second-order valence-corrected chi connectivity index (χ2v) is 3.74. The minimum absolute atomic E-state index is 0. The zero-order valence-corrected chi connectivity index (χ0v) is 7.16. The highest BCUT2D eigenvalue weighted by Gasteiger charge is 2.12. The van der Waals surface area contributed by atoms with Crippen LogP contribution in [0, 0.1) is 0 Å². The molecule has 0 saturated carbocycles. The van der Waals surface area contributed by atoms with Gasteiger partial charge in [0.15, 0.2) is 5.13 Å². The van der Waals surface area contributed by atoms with Crippen molar-refractivity contribution in [3.8, 4) is 0 Å². The third kappa shape index (κ3) is 1.56. The summed E-state index contributed by atoms with van der Waals surface area (Å²) in [6.07, 6.45) is 4.94. The number of nitrogens with zero attached hydrogens (tertiary/aromatic N) is 1. The predicted octanol–water partition coefficient (Wildman–Crippen LogP) is 1.22. The summed E-state index contributed by atoms with van der Waals surface area (Å²) in [5.41, 5.74) is 6.82. The van der Waals surface area contributed by atoms with Gasteiger partial charge in [-0.3, -0.25) is 0 Å². The molecule has 1 aliphatic carbocycles. The van der Waals surface area contributed by atoms with Gasteiger partial charge in [0.1, 0.15) is 0 Å². The van der Waals surface area contributed by atoms with Crippen molar-refractivity contribution < 1.29 is 0 Å². The summed E-state index contributed by atoms with van der Waals surface area (Å²) in [7, 11) is 0. The lowest BCUT2D eigenvalue weighted by molar-refractivity contribution is 0.683. The lowest BCUT2D eigenvalue weighted by Gasteiger charge is -2.06. The summed E-state index contributed by atoms with van der Waals surface area (Å²) in [6, 6.07) is 0. The Bertz CT molecular complexity index is 223. The highest BCUT2D eigenvalue weighted by molar-refractivity contribution is 7.15. The van der Waals surface area contributed by atoms with Crippen LogP contribution >= 0.6 is 11.3 Å². The zero-order valence-electron chi connectivity index (χ0n) is 6.34. The van der Waals surface area contributed by atoms with E-state index in [0.29, 0.717) is 0 Å². The number of nitrogens with two attached hydrogens (primary N) is 1. The maximum atomic E-state index is 5.57. The van der Waals surface area contributed by atoms with Crippen LogP contribution in [0.5, 0.6) is 0 Å². The molecule has 0 atom stereocenters. The highest BCUT2D eigenvalue weighted by atomic mass is 32.1. The van der Waals surface area contributed by atoms with E-state index in [1.165, 1.54) is 29.8 Å². The van der Waals surface area contributed by atoms with Gasteiger partial charge in [-0.2, -0.15) is 0 Å². The first-order chi connectivity index (χ1) is 4.86. The molecule has 0 aromatic carbocycles. The van der Waals surface area contributed by atoms with Crippen LogP contribution in [0.15, 0.2) is 0 Å². The minimum Gasteiger partial charge on any atom is -0.375 e. The molecule has 1 aromatic rings. The van der Waals surface area contributed by atoms with E-state index in [9.17, 15) is 0 Å². The summed E-state index contributed by atoms with van der Waals surface area (Å²) >= 11 is 1.66. The first-order valence-corrected chi connectivity index (χ1v) is 4.42. The van der Waals surface area contributed by atoms with Gasteiger partial charge in [-0.15, -0.1) is 11.3 Å².